The molecule has 0 radical (unpaired) electrons. The molecule has 110 valence electrons. The van der Waals surface area contributed by atoms with E-state index in [9.17, 15) is 9.59 Å². The van der Waals surface area contributed by atoms with E-state index >= 15 is 0 Å². The third kappa shape index (κ3) is 2.53. The van der Waals surface area contributed by atoms with Gasteiger partial charge in [-0.2, -0.15) is 5.10 Å². The van der Waals surface area contributed by atoms with Gasteiger partial charge in [-0.1, -0.05) is 13.8 Å². The smallest absolute Gasteiger partial charge is 0.289 e. The molecular weight excluding hydrogens is 268 g/mol. The molecule has 0 bridgehead atoms. The molecular formula is C15H18N4O2. The molecule has 1 fully saturated rings. The second-order valence-corrected chi connectivity index (χ2v) is 5.88. The molecule has 0 aromatic carbocycles. The van der Waals surface area contributed by atoms with Crippen LogP contribution in [0.1, 0.15) is 54.5 Å². The van der Waals surface area contributed by atoms with Crippen LogP contribution in [0.2, 0.25) is 0 Å². The maximum atomic E-state index is 12.2. The van der Waals surface area contributed by atoms with Gasteiger partial charge in [-0.3, -0.25) is 14.9 Å². The van der Waals surface area contributed by atoms with Crippen LogP contribution in [0.25, 0.3) is 5.52 Å². The van der Waals surface area contributed by atoms with Gasteiger partial charge in [0.2, 0.25) is 11.7 Å². The van der Waals surface area contributed by atoms with Crippen molar-refractivity contribution in [3.8, 4) is 0 Å². The number of aromatic nitrogens is 3. The monoisotopic (exact) mass is 286 g/mol. The van der Waals surface area contributed by atoms with Crippen molar-refractivity contribution in [2.45, 2.75) is 39.5 Å². The maximum absolute atomic E-state index is 12.2. The number of hydrogen-bond acceptors (Lipinski definition) is 4. The molecule has 1 aliphatic carbocycles. The number of imide groups is 1. The van der Waals surface area contributed by atoms with Gasteiger partial charge in [0.1, 0.15) is 0 Å². The van der Waals surface area contributed by atoms with Crippen LogP contribution in [0.5, 0.6) is 0 Å². The third-order valence-electron chi connectivity index (χ3n) is 3.70. The van der Waals surface area contributed by atoms with Crippen molar-refractivity contribution in [1.82, 2.24) is 19.9 Å². The molecule has 0 unspecified atom stereocenters. The molecule has 1 N–H and O–H groups in total. The predicted molar refractivity (Wildman–Crippen MR) is 77.0 cm³/mol. The summed E-state index contributed by atoms with van der Waals surface area (Å²) < 4.78 is 1.53. The molecule has 0 spiro atoms. The summed E-state index contributed by atoms with van der Waals surface area (Å²) in [6, 6.07) is 2.00. The van der Waals surface area contributed by atoms with Gasteiger partial charge in [0, 0.05) is 5.92 Å². The van der Waals surface area contributed by atoms with Crippen LogP contribution in [0.4, 0.5) is 0 Å². The molecule has 0 aliphatic heterocycles. The van der Waals surface area contributed by atoms with Crippen LogP contribution < -0.4 is 5.32 Å². The van der Waals surface area contributed by atoms with Gasteiger partial charge in [0.05, 0.1) is 17.4 Å². The van der Waals surface area contributed by atoms with Crippen molar-refractivity contribution in [3.63, 3.8) is 0 Å². The van der Waals surface area contributed by atoms with Crippen LogP contribution in [0.3, 0.4) is 0 Å². The summed E-state index contributed by atoms with van der Waals surface area (Å²) in [6.07, 6.45) is 3.33. The average molecular weight is 286 g/mol. The number of aryl methyl sites for hydroxylation is 1. The number of carbonyl (C=O) groups is 2. The molecule has 2 amide bonds. The Hall–Kier alpha value is -2.24. The summed E-state index contributed by atoms with van der Waals surface area (Å²) in [6.45, 7) is 6.05. The molecule has 6 nitrogen and oxygen atoms in total. The highest BCUT2D eigenvalue weighted by molar-refractivity contribution is 6.04. The Labute approximate surface area is 122 Å². The lowest BCUT2D eigenvalue weighted by Gasteiger charge is -2.08. The lowest BCUT2D eigenvalue weighted by Crippen LogP contribution is -2.33. The van der Waals surface area contributed by atoms with Crippen molar-refractivity contribution < 1.29 is 9.59 Å². The standard InChI is InChI=1S/C15H18N4O2/c1-8(2)11-6-9(3)12-7-16-13(19(12)18-11)15(21)17-14(20)10-4-5-10/h6-8,10H,4-5H2,1-3H3,(H,17,20,21). The van der Waals surface area contributed by atoms with Gasteiger partial charge in [-0.05, 0) is 37.3 Å². The first-order valence-electron chi connectivity index (χ1n) is 7.18. The molecule has 1 aliphatic rings. The van der Waals surface area contributed by atoms with E-state index in [1.807, 2.05) is 26.8 Å². The minimum Gasteiger partial charge on any atom is -0.289 e. The molecule has 2 aromatic heterocycles. The Bertz CT molecular complexity index is 729. The van der Waals surface area contributed by atoms with E-state index in [0.29, 0.717) is 0 Å². The second-order valence-electron chi connectivity index (χ2n) is 5.88. The molecule has 1 saturated carbocycles. The Morgan fingerprint density at radius 1 is 1.38 bits per heavy atom. The number of nitrogens with zero attached hydrogens (tertiary/aromatic N) is 3. The summed E-state index contributed by atoms with van der Waals surface area (Å²) in [5.41, 5.74) is 2.68. The Balaban J connectivity index is 1.98. The van der Waals surface area contributed by atoms with E-state index < -0.39 is 5.91 Å². The molecule has 0 atom stereocenters. The molecule has 21 heavy (non-hydrogen) atoms. The SMILES string of the molecule is Cc1cc(C(C)C)nn2c(C(=O)NC(=O)C3CC3)ncc12. The summed E-state index contributed by atoms with van der Waals surface area (Å²) in [4.78, 5) is 28.0. The first-order valence-corrected chi connectivity index (χ1v) is 7.18. The van der Waals surface area contributed by atoms with Crippen LogP contribution in [-0.4, -0.2) is 26.4 Å². The van der Waals surface area contributed by atoms with E-state index in [4.69, 9.17) is 0 Å². The lowest BCUT2D eigenvalue weighted by molar-refractivity contribution is -0.121. The molecule has 0 saturated heterocycles. The number of carbonyl (C=O) groups excluding carboxylic acids is 2. The van der Waals surface area contributed by atoms with Crippen LogP contribution in [-0.2, 0) is 4.79 Å². The first-order chi connectivity index (χ1) is 9.97. The fourth-order valence-corrected chi connectivity index (χ4v) is 2.21. The summed E-state index contributed by atoms with van der Waals surface area (Å²) >= 11 is 0. The third-order valence-corrected chi connectivity index (χ3v) is 3.70. The van der Waals surface area contributed by atoms with Gasteiger partial charge < -0.3 is 0 Å². The van der Waals surface area contributed by atoms with Crippen molar-refractivity contribution >= 4 is 17.3 Å². The van der Waals surface area contributed by atoms with E-state index in [2.05, 4.69) is 15.4 Å². The molecule has 3 rings (SSSR count). The second kappa shape index (κ2) is 4.95. The predicted octanol–water partition coefficient (Wildman–Crippen LogP) is 1.83. The van der Waals surface area contributed by atoms with Gasteiger partial charge in [-0.25, -0.2) is 9.50 Å². The van der Waals surface area contributed by atoms with Crippen molar-refractivity contribution in [2.24, 2.45) is 5.92 Å². The van der Waals surface area contributed by atoms with Crippen molar-refractivity contribution in [1.29, 1.82) is 0 Å². The van der Waals surface area contributed by atoms with E-state index in [-0.39, 0.29) is 23.6 Å². The zero-order valence-electron chi connectivity index (χ0n) is 12.4. The van der Waals surface area contributed by atoms with Gasteiger partial charge in [0.25, 0.3) is 5.91 Å². The Kier molecular flexibility index (Phi) is 3.23. The zero-order chi connectivity index (χ0) is 15.1. The van der Waals surface area contributed by atoms with Gasteiger partial charge >= 0.3 is 0 Å². The van der Waals surface area contributed by atoms with Gasteiger partial charge in [0.15, 0.2) is 0 Å². The Morgan fingerprint density at radius 3 is 2.71 bits per heavy atom. The average Bonchev–Trinajstić information content (AvgIpc) is 3.18. The van der Waals surface area contributed by atoms with E-state index in [1.54, 1.807) is 6.20 Å². The largest absolute Gasteiger partial charge is 0.295 e. The number of imidazole rings is 1. The summed E-state index contributed by atoms with van der Waals surface area (Å²) in [5.74, 6) is -0.307. The van der Waals surface area contributed by atoms with Crippen molar-refractivity contribution in [2.75, 3.05) is 0 Å². The van der Waals surface area contributed by atoms with Crippen molar-refractivity contribution in [3.05, 3.63) is 29.3 Å². The molecule has 2 heterocycles. The van der Waals surface area contributed by atoms with Gasteiger partial charge in [-0.15, -0.1) is 0 Å². The molecule has 2 aromatic rings. The number of nitrogens with one attached hydrogen (secondary N) is 1. The van der Waals surface area contributed by atoms with E-state index in [1.165, 1.54) is 4.52 Å². The normalized spacial score (nSPS) is 14.7. The van der Waals surface area contributed by atoms with Crippen LogP contribution in [0.15, 0.2) is 12.3 Å². The quantitative estimate of drug-likeness (QED) is 0.873. The summed E-state index contributed by atoms with van der Waals surface area (Å²) in [5, 5.41) is 6.87. The highest BCUT2D eigenvalue weighted by Gasteiger charge is 2.31. The minimum absolute atomic E-state index is 0.0129. The fourth-order valence-electron chi connectivity index (χ4n) is 2.21. The number of fused-ring (bicyclic) bond motifs is 1. The highest BCUT2D eigenvalue weighted by atomic mass is 16.2. The summed E-state index contributed by atoms with van der Waals surface area (Å²) in [7, 11) is 0. The Morgan fingerprint density at radius 2 is 2.10 bits per heavy atom. The van der Waals surface area contributed by atoms with Crippen LogP contribution >= 0.6 is 0 Å². The van der Waals surface area contributed by atoms with Crippen LogP contribution in [0, 0.1) is 12.8 Å². The first kappa shape index (κ1) is 13.7. The van der Waals surface area contributed by atoms with E-state index in [0.717, 1.165) is 29.6 Å². The topological polar surface area (TPSA) is 76.4 Å². The lowest BCUT2D eigenvalue weighted by atomic mass is 10.1. The fraction of sp³-hybridized carbons (Fsp3) is 0.467. The molecule has 6 heteroatoms. The number of hydrogen-bond donors (Lipinski definition) is 1. The zero-order valence-corrected chi connectivity index (χ0v) is 12.4. The number of amides is 2. The highest BCUT2D eigenvalue weighted by Crippen LogP contribution is 2.28. The minimum atomic E-state index is -0.486. The number of rotatable bonds is 3. The maximum Gasteiger partial charge on any atom is 0.295 e.